The molecule has 1 saturated heterocycles. The summed E-state index contributed by atoms with van der Waals surface area (Å²) in [6.45, 7) is 10.8. The van der Waals surface area contributed by atoms with Gasteiger partial charge in [0.25, 0.3) is 0 Å². The van der Waals surface area contributed by atoms with Gasteiger partial charge in [0.2, 0.25) is 0 Å². The fraction of sp³-hybridized carbons (Fsp3) is 0.556. The molecule has 0 unspecified atom stereocenters. The molecule has 25 heavy (non-hydrogen) atoms. The Morgan fingerprint density at radius 3 is 2.80 bits per heavy atom. The molecule has 2 aromatic rings. The van der Waals surface area contributed by atoms with E-state index in [1.165, 1.54) is 0 Å². The van der Waals surface area contributed by atoms with Gasteiger partial charge in [-0.2, -0.15) is 5.10 Å². The molecule has 2 aromatic heterocycles. The molecule has 136 valence electrons. The number of hydrogen-bond donors (Lipinski definition) is 1. The summed E-state index contributed by atoms with van der Waals surface area (Å²) in [5, 5.41) is 7.53. The molecule has 0 aliphatic carbocycles. The minimum absolute atomic E-state index is 0.106. The molecule has 3 heterocycles. The predicted molar refractivity (Wildman–Crippen MR) is 93.3 cm³/mol. The standard InChI is InChI=1S/C18H26N4O3/c1-5-22-14(4)15(13(3)20-22)10-19-18(23)21-8-9-24-11-16(21)17-7-6-12(2)25-17/h6-7,16H,5,8-11H2,1-4H3,(H,19,23)/t16-/m0/s1. The van der Waals surface area contributed by atoms with Crippen LogP contribution in [0.4, 0.5) is 4.79 Å². The maximum absolute atomic E-state index is 12.8. The molecule has 0 spiro atoms. The molecule has 0 aromatic carbocycles. The number of rotatable bonds is 4. The highest BCUT2D eigenvalue weighted by atomic mass is 16.5. The Hall–Kier alpha value is -2.28. The summed E-state index contributed by atoms with van der Waals surface area (Å²) < 4.78 is 13.2. The number of aromatic nitrogens is 2. The number of aryl methyl sites for hydroxylation is 3. The predicted octanol–water partition coefficient (Wildman–Crippen LogP) is 2.70. The Morgan fingerprint density at radius 2 is 2.16 bits per heavy atom. The average Bonchev–Trinajstić information content (AvgIpc) is 3.16. The lowest BCUT2D eigenvalue weighted by Gasteiger charge is -2.34. The molecule has 7 nitrogen and oxygen atoms in total. The van der Waals surface area contributed by atoms with E-state index in [4.69, 9.17) is 9.15 Å². The van der Waals surface area contributed by atoms with Gasteiger partial charge in [-0.25, -0.2) is 4.79 Å². The smallest absolute Gasteiger partial charge is 0.318 e. The van der Waals surface area contributed by atoms with Gasteiger partial charge in [-0.1, -0.05) is 0 Å². The van der Waals surface area contributed by atoms with E-state index < -0.39 is 0 Å². The van der Waals surface area contributed by atoms with Crippen LogP contribution in [0, 0.1) is 20.8 Å². The van der Waals surface area contributed by atoms with Crippen LogP contribution in [0.3, 0.4) is 0 Å². The Balaban J connectivity index is 1.70. The van der Waals surface area contributed by atoms with E-state index in [9.17, 15) is 4.79 Å². The zero-order valence-corrected chi connectivity index (χ0v) is 15.3. The summed E-state index contributed by atoms with van der Waals surface area (Å²) in [4.78, 5) is 14.5. The Bertz CT molecular complexity index is 750. The number of urea groups is 1. The number of amides is 2. The molecule has 1 aliphatic rings. The van der Waals surface area contributed by atoms with Crippen LogP contribution in [0.25, 0.3) is 0 Å². The Kier molecular flexibility index (Phi) is 5.13. The van der Waals surface area contributed by atoms with Crippen LogP contribution in [0.1, 0.15) is 41.4 Å². The zero-order chi connectivity index (χ0) is 18.0. The molecule has 0 radical (unpaired) electrons. The fourth-order valence-corrected chi connectivity index (χ4v) is 3.28. The van der Waals surface area contributed by atoms with Crippen molar-refractivity contribution in [3.05, 3.63) is 40.6 Å². The third kappa shape index (κ3) is 3.56. The number of morpholine rings is 1. The summed E-state index contributed by atoms with van der Waals surface area (Å²) in [5.41, 5.74) is 3.13. The molecular weight excluding hydrogens is 320 g/mol. The van der Waals surface area contributed by atoms with E-state index >= 15 is 0 Å². The monoisotopic (exact) mass is 346 g/mol. The number of hydrogen-bond acceptors (Lipinski definition) is 4. The number of furan rings is 1. The van der Waals surface area contributed by atoms with E-state index in [-0.39, 0.29) is 12.1 Å². The third-order valence-electron chi connectivity index (χ3n) is 4.73. The maximum Gasteiger partial charge on any atom is 0.318 e. The minimum atomic E-state index is -0.192. The van der Waals surface area contributed by atoms with Gasteiger partial charge in [0.05, 0.1) is 18.9 Å². The SMILES string of the molecule is CCn1nc(C)c(CNC(=O)N2CCOC[C@H]2c2ccc(C)o2)c1C. The first-order chi connectivity index (χ1) is 12.0. The zero-order valence-electron chi connectivity index (χ0n) is 15.3. The third-order valence-corrected chi connectivity index (χ3v) is 4.73. The molecule has 0 saturated carbocycles. The summed E-state index contributed by atoms with van der Waals surface area (Å²) in [6.07, 6.45) is 0. The molecule has 1 N–H and O–H groups in total. The second-order valence-corrected chi connectivity index (χ2v) is 6.36. The number of nitrogens with zero attached hydrogens (tertiary/aromatic N) is 3. The fourth-order valence-electron chi connectivity index (χ4n) is 3.28. The second kappa shape index (κ2) is 7.31. The number of carbonyl (C=O) groups excluding carboxylic acids is 1. The van der Waals surface area contributed by atoms with Crippen LogP contribution in [-0.2, 0) is 17.8 Å². The van der Waals surface area contributed by atoms with Gasteiger partial charge in [0.1, 0.15) is 17.6 Å². The lowest BCUT2D eigenvalue weighted by atomic mass is 10.1. The summed E-state index contributed by atoms with van der Waals surface area (Å²) in [5.74, 6) is 1.60. The lowest BCUT2D eigenvalue weighted by molar-refractivity contribution is 0.00399. The number of ether oxygens (including phenoxy) is 1. The first-order valence-electron chi connectivity index (χ1n) is 8.72. The van der Waals surface area contributed by atoms with Gasteiger partial charge in [0, 0.05) is 30.9 Å². The number of carbonyl (C=O) groups is 1. The average molecular weight is 346 g/mol. The van der Waals surface area contributed by atoms with Crippen molar-refractivity contribution in [1.82, 2.24) is 20.0 Å². The second-order valence-electron chi connectivity index (χ2n) is 6.36. The largest absolute Gasteiger partial charge is 0.464 e. The topological polar surface area (TPSA) is 72.5 Å². The molecule has 2 amide bonds. The van der Waals surface area contributed by atoms with Gasteiger partial charge in [0.15, 0.2) is 0 Å². The van der Waals surface area contributed by atoms with Crippen LogP contribution >= 0.6 is 0 Å². The van der Waals surface area contributed by atoms with Crippen molar-refractivity contribution in [2.24, 2.45) is 0 Å². The summed E-state index contributed by atoms with van der Waals surface area (Å²) in [7, 11) is 0. The van der Waals surface area contributed by atoms with E-state index in [1.807, 2.05) is 37.6 Å². The van der Waals surface area contributed by atoms with Gasteiger partial charge in [-0.05, 0) is 39.8 Å². The van der Waals surface area contributed by atoms with E-state index in [2.05, 4.69) is 17.3 Å². The van der Waals surface area contributed by atoms with Crippen molar-refractivity contribution >= 4 is 6.03 Å². The van der Waals surface area contributed by atoms with Gasteiger partial charge >= 0.3 is 6.03 Å². The van der Waals surface area contributed by atoms with Crippen molar-refractivity contribution in [3.63, 3.8) is 0 Å². The molecule has 3 rings (SSSR count). The van der Waals surface area contributed by atoms with Crippen LogP contribution in [-0.4, -0.2) is 40.5 Å². The quantitative estimate of drug-likeness (QED) is 0.924. The Morgan fingerprint density at radius 1 is 1.36 bits per heavy atom. The first kappa shape index (κ1) is 17.5. The van der Waals surface area contributed by atoms with Gasteiger partial charge < -0.3 is 19.4 Å². The normalized spacial score (nSPS) is 17.8. The molecular formula is C18H26N4O3. The lowest BCUT2D eigenvalue weighted by Crippen LogP contribution is -2.47. The molecule has 1 aliphatic heterocycles. The van der Waals surface area contributed by atoms with Crippen LogP contribution in [0.15, 0.2) is 16.5 Å². The molecule has 1 fully saturated rings. The van der Waals surface area contributed by atoms with E-state index in [1.54, 1.807) is 4.90 Å². The highest BCUT2D eigenvalue weighted by Crippen LogP contribution is 2.26. The van der Waals surface area contributed by atoms with Crippen molar-refractivity contribution in [1.29, 1.82) is 0 Å². The van der Waals surface area contributed by atoms with Crippen molar-refractivity contribution in [2.45, 2.75) is 46.8 Å². The Labute approximate surface area is 147 Å². The van der Waals surface area contributed by atoms with Crippen LogP contribution in [0.5, 0.6) is 0 Å². The van der Waals surface area contributed by atoms with Gasteiger partial charge in [-0.3, -0.25) is 4.68 Å². The van der Waals surface area contributed by atoms with Crippen LogP contribution in [0.2, 0.25) is 0 Å². The first-order valence-corrected chi connectivity index (χ1v) is 8.72. The molecule has 0 bridgehead atoms. The van der Waals surface area contributed by atoms with Crippen molar-refractivity contribution in [2.75, 3.05) is 19.8 Å². The highest BCUT2D eigenvalue weighted by molar-refractivity contribution is 5.75. The maximum atomic E-state index is 12.8. The number of nitrogens with one attached hydrogen (secondary N) is 1. The van der Waals surface area contributed by atoms with E-state index in [0.29, 0.717) is 26.3 Å². The molecule has 1 atom stereocenters. The summed E-state index contributed by atoms with van der Waals surface area (Å²) >= 11 is 0. The van der Waals surface area contributed by atoms with E-state index in [0.717, 1.165) is 35.0 Å². The minimum Gasteiger partial charge on any atom is -0.464 e. The van der Waals surface area contributed by atoms with Gasteiger partial charge in [-0.15, -0.1) is 0 Å². The van der Waals surface area contributed by atoms with Crippen molar-refractivity contribution in [3.8, 4) is 0 Å². The highest BCUT2D eigenvalue weighted by Gasteiger charge is 2.31. The van der Waals surface area contributed by atoms with Crippen LogP contribution < -0.4 is 5.32 Å². The van der Waals surface area contributed by atoms with Crippen molar-refractivity contribution < 1.29 is 13.9 Å². The summed E-state index contributed by atoms with van der Waals surface area (Å²) in [6, 6.07) is 3.52. The molecule has 7 heteroatoms.